The summed E-state index contributed by atoms with van der Waals surface area (Å²) in [6.45, 7) is 6.76. The second-order valence-electron chi connectivity index (χ2n) is 4.56. The molecule has 3 N–H and O–H groups in total. The van der Waals surface area contributed by atoms with E-state index in [0.717, 1.165) is 31.1 Å². The summed E-state index contributed by atoms with van der Waals surface area (Å²) in [7, 11) is 0. The molecule has 1 atom stereocenters. The zero-order valence-corrected chi connectivity index (χ0v) is 10.5. The lowest BCUT2D eigenvalue weighted by atomic mass is 10.1. The quantitative estimate of drug-likeness (QED) is 0.548. The molecule has 2 heteroatoms. The predicted octanol–water partition coefficient (Wildman–Crippen LogP) is 2.84. The first-order valence-corrected chi connectivity index (χ1v) is 6.27. The molecule has 0 fully saturated rings. The number of anilines is 1. The highest BCUT2D eigenvalue weighted by molar-refractivity contribution is 5.39. The SMILES string of the molecule is CCC(C)CNCCCc1ccc(N)cc1. The molecule has 0 amide bonds. The van der Waals surface area contributed by atoms with Gasteiger partial charge in [-0.15, -0.1) is 0 Å². The van der Waals surface area contributed by atoms with Crippen LogP contribution in [0, 0.1) is 5.92 Å². The summed E-state index contributed by atoms with van der Waals surface area (Å²) in [5.41, 5.74) is 7.86. The summed E-state index contributed by atoms with van der Waals surface area (Å²) < 4.78 is 0. The molecule has 0 aliphatic heterocycles. The highest BCUT2D eigenvalue weighted by Gasteiger charge is 1.97. The summed E-state index contributed by atoms with van der Waals surface area (Å²) in [5, 5.41) is 3.49. The topological polar surface area (TPSA) is 38.0 Å². The first-order chi connectivity index (χ1) is 7.72. The summed E-state index contributed by atoms with van der Waals surface area (Å²) >= 11 is 0. The largest absolute Gasteiger partial charge is 0.399 e. The van der Waals surface area contributed by atoms with Gasteiger partial charge < -0.3 is 11.1 Å². The molecule has 1 aromatic carbocycles. The molecule has 1 aromatic rings. The van der Waals surface area contributed by atoms with Crippen LogP contribution in [-0.2, 0) is 6.42 Å². The summed E-state index contributed by atoms with van der Waals surface area (Å²) in [4.78, 5) is 0. The van der Waals surface area contributed by atoms with Crippen molar-refractivity contribution in [3.63, 3.8) is 0 Å². The highest BCUT2D eigenvalue weighted by atomic mass is 14.8. The maximum Gasteiger partial charge on any atom is 0.0314 e. The van der Waals surface area contributed by atoms with Crippen LogP contribution in [0.3, 0.4) is 0 Å². The van der Waals surface area contributed by atoms with Crippen LogP contribution in [0.5, 0.6) is 0 Å². The van der Waals surface area contributed by atoms with E-state index in [1.54, 1.807) is 0 Å². The van der Waals surface area contributed by atoms with Gasteiger partial charge in [0.25, 0.3) is 0 Å². The molecular formula is C14H24N2. The first-order valence-electron chi connectivity index (χ1n) is 6.27. The van der Waals surface area contributed by atoms with Crippen LogP contribution in [0.1, 0.15) is 32.3 Å². The Labute approximate surface area is 99.2 Å². The van der Waals surface area contributed by atoms with Gasteiger partial charge in [0.1, 0.15) is 0 Å². The molecule has 0 radical (unpaired) electrons. The normalized spacial score (nSPS) is 12.6. The summed E-state index contributed by atoms with van der Waals surface area (Å²) in [5.74, 6) is 0.788. The van der Waals surface area contributed by atoms with Gasteiger partial charge in [-0.2, -0.15) is 0 Å². The maximum absolute atomic E-state index is 5.64. The van der Waals surface area contributed by atoms with E-state index in [2.05, 4.69) is 31.3 Å². The Hall–Kier alpha value is -1.02. The molecule has 0 bridgehead atoms. The average molecular weight is 220 g/mol. The molecule has 2 nitrogen and oxygen atoms in total. The lowest BCUT2D eigenvalue weighted by molar-refractivity contribution is 0.496. The van der Waals surface area contributed by atoms with Crippen molar-refractivity contribution < 1.29 is 0 Å². The standard InChI is InChI=1S/C14H24N2/c1-3-12(2)11-16-10-4-5-13-6-8-14(15)9-7-13/h6-9,12,16H,3-5,10-11,15H2,1-2H3. The number of rotatable bonds is 7. The molecule has 0 spiro atoms. The van der Waals surface area contributed by atoms with E-state index < -0.39 is 0 Å². The number of aryl methyl sites for hydroxylation is 1. The van der Waals surface area contributed by atoms with Crippen LogP contribution in [0.15, 0.2) is 24.3 Å². The van der Waals surface area contributed by atoms with Crippen molar-refractivity contribution in [2.75, 3.05) is 18.8 Å². The molecule has 1 rings (SSSR count). The van der Waals surface area contributed by atoms with E-state index >= 15 is 0 Å². The molecule has 16 heavy (non-hydrogen) atoms. The molecule has 0 aliphatic carbocycles. The number of benzene rings is 1. The van der Waals surface area contributed by atoms with E-state index in [9.17, 15) is 0 Å². The number of hydrogen-bond acceptors (Lipinski definition) is 2. The van der Waals surface area contributed by atoms with Gasteiger partial charge >= 0.3 is 0 Å². The molecule has 0 saturated heterocycles. The average Bonchev–Trinajstić information content (AvgIpc) is 2.31. The van der Waals surface area contributed by atoms with Gasteiger partial charge in [-0.1, -0.05) is 32.4 Å². The minimum Gasteiger partial charge on any atom is -0.399 e. The third-order valence-corrected chi connectivity index (χ3v) is 2.99. The smallest absolute Gasteiger partial charge is 0.0314 e. The van der Waals surface area contributed by atoms with Crippen LogP contribution >= 0.6 is 0 Å². The predicted molar refractivity (Wildman–Crippen MR) is 71.5 cm³/mol. The second-order valence-corrected chi connectivity index (χ2v) is 4.56. The van der Waals surface area contributed by atoms with Crippen molar-refractivity contribution in [2.24, 2.45) is 5.92 Å². The van der Waals surface area contributed by atoms with Crippen molar-refractivity contribution in [3.8, 4) is 0 Å². The van der Waals surface area contributed by atoms with Crippen LogP contribution in [0.4, 0.5) is 5.69 Å². The van der Waals surface area contributed by atoms with E-state index in [4.69, 9.17) is 5.73 Å². The third kappa shape index (κ3) is 5.17. The Morgan fingerprint density at radius 3 is 2.56 bits per heavy atom. The van der Waals surface area contributed by atoms with Gasteiger partial charge in [0.05, 0.1) is 0 Å². The van der Waals surface area contributed by atoms with Crippen molar-refractivity contribution >= 4 is 5.69 Å². The van der Waals surface area contributed by atoms with Crippen LogP contribution < -0.4 is 11.1 Å². The molecule has 0 aliphatic rings. The summed E-state index contributed by atoms with van der Waals surface area (Å²) in [6, 6.07) is 8.18. The fourth-order valence-corrected chi connectivity index (χ4v) is 1.59. The fraction of sp³-hybridized carbons (Fsp3) is 0.571. The molecule has 0 saturated carbocycles. The van der Waals surface area contributed by atoms with Crippen molar-refractivity contribution in [2.45, 2.75) is 33.1 Å². The van der Waals surface area contributed by atoms with Gasteiger partial charge in [-0.05, 0) is 49.5 Å². The zero-order valence-electron chi connectivity index (χ0n) is 10.5. The lowest BCUT2D eigenvalue weighted by Crippen LogP contribution is -2.22. The lowest BCUT2D eigenvalue weighted by Gasteiger charge is -2.09. The van der Waals surface area contributed by atoms with Gasteiger partial charge in [0, 0.05) is 5.69 Å². The minimum absolute atomic E-state index is 0.788. The van der Waals surface area contributed by atoms with Crippen LogP contribution in [0.25, 0.3) is 0 Å². The third-order valence-electron chi connectivity index (χ3n) is 2.99. The van der Waals surface area contributed by atoms with Gasteiger partial charge in [-0.25, -0.2) is 0 Å². The molecular weight excluding hydrogens is 196 g/mol. The van der Waals surface area contributed by atoms with Gasteiger partial charge in [0.15, 0.2) is 0 Å². The molecule has 90 valence electrons. The maximum atomic E-state index is 5.64. The Morgan fingerprint density at radius 1 is 1.25 bits per heavy atom. The van der Waals surface area contributed by atoms with Crippen LogP contribution in [-0.4, -0.2) is 13.1 Å². The number of hydrogen-bond donors (Lipinski definition) is 2. The first kappa shape index (κ1) is 13.0. The van der Waals surface area contributed by atoms with E-state index in [0.29, 0.717) is 0 Å². The fourth-order valence-electron chi connectivity index (χ4n) is 1.59. The number of nitrogen functional groups attached to an aromatic ring is 1. The second kappa shape index (κ2) is 7.29. The Morgan fingerprint density at radius 2 is 1.94 bits per heavy atom. The number of nitrogens with two attached hydrogens (primary N) is 1. The van der Waals surface area contributed by atoms with Crippen molar-refractivity contribution in [1.29, 1.82) is 0 Å². The van der Waals surface area contributed by atoms with E-state index in [1.807, 2.05) is 12.1 Å². The van der Waals surface area contributed by atoms with E-state index in [-0.39, 0.29) is 0 Å². The number of nitrogens with one attached hydrogen (secondary N) is 1. The Balaban J connectivity index is 2.09. The summed E-state index contributed by atoms with van der Waals surface area (Å²) in [6.07, 6.45) is 3.58. The zero-order chi connectivity index (χ0) is 11.8. The van der Waals surface area contributed by atoms with E-state index in [1.165, 1.54) is 18.4 Å². The monoisotopic (exact) mass is 220 g/mol. The Kier molecular flexibility index (Phi) is 5.94. The van der Waals surface area contributed by atoms with Crippen molar-refractivity contribution in [1.82, 2.24) is 5.32 Å². The van der Waals surface area contributed by atoms with Crippen LogP contribution in [0.2, 0.25) is 0 Å². The molecule has 0 heterocycles. The van der Waals surface area contributed by atoms with Gasteiger partial charge in [-0.3, -0.25) is 0 Å². The van der Waals surface area contributed by atoms with Crippen molar-refractivity contribution in [3.05, 3.63) is 29.8 Å². The minimum atomic E-state index is 0.788. The molecule has 0 aromatic heterocycles. The van der Waals surface area contributed by atoms with Gasteiger partial charge in [0.2, 0.25) is 0 Å². The molecule has 1 unspecified atom stereocenters. The highest BCUT2D eigenvalue weighted by Crippen LogP contribution is 2.07. The Bertz CT molecular complexity index is 279.